The van der Waals surface area contributed by atoms with Gasteiger partial charge in [0, 0.05) is 25.5 Å². The molecular weight excluding hydrogens is 322 g/mol. The van der Waals surface area contributed by atoms with Gasteiger partial charge in [0.05, 0.1) is 0 Å². The molecule has 1 amide bonds. The van der Waals surface area contributed by atoms with E-state index in [-0.39, 0.29) is 5.91 Å². The zero-order valence-corrected chi connectivity index (χ0v) is 15.0. The fraction of sp³-hybridized carbons (Fsp3) is 0.182. The average Bonchev–Trinajstić information content (AvgIpc) is 3.26. The lowest BCUT2D eigenvalue weighted by molar-refractivity contribution is 0.0980. The third-order valence-electron chi connectivity index (χ3n) is 4.93. The Morgan fingerprint density at radius 3 is 2.73 bits per heavy atom. The van der Waals surface area contributed by atoms with Crippen LogP contribution in [-0.2, 0) is 13.5 Å². The van der Waals surface area contributed by atoms with E-state index in [9.17, 15) is 4.79 Å². The molecule has 3 aromatic rings. The molecule has 4 heteroatoms. The van der Waals surface area contributed by atoms with E-state index < -0.39 is 0 Å². The van der Waals surface area contributed by atoms with E-state index >= 15 is 0 Å². The first kappa shape index (κ1) is 16.3. The van der Waals surface area contributed by atoms with Gasteiger partial charge in [0.1, 0.15) is 5.69 Å². The van der Waals surface area contributed by atoms with Crippen LogP contribution in [0.25, 0.3) is 12.2 Å². The number of hydrogen-bond acceptors (Lipinski definition) is 2. The van der Waals surface area contributed by atoms with Gasteiger partial charge < -0.3 is 4.90 Å². The lowest BCUT2D eigenvalue weighted by Gasteiger charge is -2.17. The number of carbonyl (C=O) groups is 1. The number of amides is 1. The normalized spacial score (nSPS) is 13.4. The third kappa shape index (κ3) is 2.94. The van der Waals surface area contributed by atoms with Gasteiger partial charge in [-0.3, -0.25) is 9.48 Å². The predicted molar refractivity (Wildman–Crippen MR) is 105 cm³/mol. The lowest BCUT2D eigenvalue weighted by Crippen LogP contribution is -2.30. The van der Waals surface area contributed by atoms with Crippen LogP contribution in [-0.4, -0.2) is 22.2 Å². The molecule has 4 nitrogen and oxygen atoms in total. The number of aromatic nitrogens is 2. The van der Waals surface area contributed by atoms with Gasteiger partial charge in [-0.1, -0.05) is 42.5 Å². The molecule has 4 rings (SSSR count). The molecule has 0 N–H and O–H groups in total. The number of rotatable bonds is 3. The monoisotopic (exact) mass is 343 g/mol. The first-order valence-electron chi connectivity index (χ1n) is 8.80. The Bertz CT molecular complexity index is 1000. The SMILES string of the molecule is Cc1ccccc1/C=C/c1ccc2c(c1)CCN2C(=O)c1ccnn1C. The van der Waals surface area contributed by atoms with Gasteiger partial charge in [-0.25, -0.2) is 0 Å². The van der Waals surface area contributed by atoms with Crippen molar-refractivity contribution in [1.82, 2.24) is 9.78 Å². The number of benzene rings is 2. The first-order valence-corrected chi connectivity index (χ1v) is 8.80. The molecule has 0 aliphatic carbocycles. The van der Waals surface area contributed by atoms with Crippen molar-refractivity contribution < 1.29 is 4.79 Å². The Morgan fingerprint density at radius 1 is 1.12 bits per heavy atom. The lowest BCUT2D eigenvalue weighted by atomic mass is 10.0. The predicted octanol–water partition coefficient (Wildman–Crippen LogP) is 4.10. The van der Waals surface area contributed by atoms with Crippen molar-refractivity contribution in [2.75, 3.05) is 11.4 Å². The maximum absolute atomic E-state index is 12.8. The van der Waals surface area contributed by atoms with Crippen molar-refractivity contribution in [1.29, 1.82) is 0 Å². The van der Waals surface area contributed by atoms with E-state index in [2.05, 4.69) is 60.6 Å². The second kappa shape index (κ2) is 6.64. The van der Waals surface area contributed by atoms with Crippen molar-refractivity contribution >= 4 is 23.7 Å². The first-order chi connectivity index (χ1) is 12.6. The highest BCUT2D eigenvalue weighted by molar-refractivity contribution is 6.06. The van der Waals surface area contributed by atoms with Crippen LogP contribution in [0.2, 0.25) is 0 Å². The minimum atomic E-state index is 0.00644. The molecule has 0 spiro atoms. The molecule has 0 bridgehead atoms. The number of aryl methyl sites for hydroxylation is 2. The molecule has 0 radical (unpaired) electrons. The maximum atomic E-state index is 12.8. The molecule has 0 saturated heterocycles. The molecule has 0 unspecified atom stereocenters. The number of anilines is 1. The van der Waals surface area contributed by atoms with E-state index in [0.717, 1.165) is 17.7 Å². The Kier molecular flexibility index (Phi) is 4.17. The van der Waals surface area contributed by atoms with Crippen LogP contribution >= 0.6 is 0 Å². The number of carbonyl (C=O) groups excluding carboxylic acids is 1. The van der Waals surface area contributed by atoms with Crippen molar-refractivity contribution in [3.63, 3.8) is 0 Å². The van der Waals surface area contributed by atoms with Crippen molar-refractivity contribution in [3.05, 3.63) is 82.7 Å². The van der Waals surface area contributed by atoms with E-state index in [1.807, 2.05) is 11.0 Å². The summed E-state index contributed by atoms with van der Waals surface area (Å²) in [5, 5.41) is 4.10. The molecule has 130 valence electrons. The van der Waals surface area contributed by atoms with E-state index in [1.165, 1.54) is 16.7 Å². The molecule has 0 atom stereocenters. The van der Waals surface area contributed by atoms with Crippen LogP contribution in [0.15, 0.2) is 54.7 Å². The van der Waals surface area contributed by atoms with Crippen molar-refractivity contribution in [2.45, 2.75) is 13.3 Å². The summed E-state index contributed by atoms with van der Waals surface area (Å²) in [5.41, 5.74) is 6.47. The van der Waals surface area contributed by atoms with Crippen LogP contribution in [0.4, 0.5) is 5.69 Å². The number of fused-ring (bicyclic) bond motifs is 1. The van der Waals surface area contributed by atoms with Crippen LogP contribution < -0.4 is 4.90 Å². The summed E-state index contributed by atoms with van der Waals surface area (Å²) in [4.78, 5) is 14.6. The molecule has 2 aromatic carbocycles. The van der Waals surface area contributed by atoms with Gasteiger partial charge in [0.2, 0.25) is 0 Å². The summed E-state index contributed by atoms with van der Waals surface area (Å²) >= 11 is 0. The van der Waals surface area contributed by atoms with Gasteiger partial charge >= 0.3 is 0 Å². The molecule has 26 heavy (non-hydrogen) atoms. The second-order valence-electron chi connectivity index (χ2n) is 6.62. The molecule has 2 heterocycles. The van der Waals surface area contributed by atoms with Crippen molar-refractivity contribution in [2.24, 2.45) is 7.05 Å². The number of nitrogens with zero attached hydrogens (tertiary/aromatic N) is 3. The van der Waals surface area contributed by atoms with E-state index in [1.54, 1.807) is 24.0 Å². The minimum Gasteiger partial charge on any atom is -0.306 e. The largest absolute Gasteiger partial charge is 0.306 e. The number of hydrogen-bond donors (Lipinski definition) is 0. The highest BCUT2D eigenvalue weighted by Crippen LogP contribution is 2.30. The summed E-state index contributed by atoms with van der Waals surface area (Å²) in [6.45, 7) is 2.83. The molecule has 1 aromatic heterocycles. The minimum absolute atomic E-state index is 0.00644. The zero-order chi connectivity index (χ0) is 18.1. The van der Waals surface area contributed by atoms with Crippen LogP contribution in [0.5, 0.6) is 0 Å². The van der Waals surface area contributed by atoms with Gasteiger partial charge in [-0.15, -0.1) is 0 Å². The maximum Gasteiger partial charge on any atom is 0.276 e. The van der Waals surface area contributed by atoms with Gasteiger partial charge in [-0.2, -0.15) is 5.10 Å². The summed E-state index contributed by atoms with van der Waals surface area (Å²) in [6.07, 6.45) is 6.81. The summed E-state index contributed by atoms with van der Waals surface area (Å²) in [7, 11) is 1.80. The quantitative estimate of drug-likeness (QED) is 0.672. The van der Waals surface area contributed by atoms with Gasteiger partial charge in [0.25, 0.3) is 5.91 Å². The van der Waals surface area contributed by atoms with E-state index in [0.29, 0.717) is 12.2 Å². The topological polar surface area (TPSA) is 38.1 Å². The smallest absolute Gasteiger partial charge is 0.276 e. The molecule has 0 fully saturated rings. The van der Waals surface area contributed by atoms with Gasteiger partial charge in [-0.05, 0) is 53.8 Å². The molecule has 1 aliphatic rings. The van der Waals surface area contributed by atoms with Crippen LogP contribution in [0, 0.1) is 6.92 Å². The molecular formula is C22H21N3O. The Balaban J connectivity index is 1.58. The van der Waals surface area contributed by atoms with Crippen LogP contribution in [0.1, 0.15) is 32.7 Å². The van der Waals surface area contributed by atoms with E-state index in [4.69, 9.17) is 0 Å². The fourth-order valence-corrected chi connectivity index (χ4v) is 3.42. The Morgan fingerprint density at radius 2 is 1.96 bits per heavy atom. The summed E-state index contributed by atoms with van der Waals surface area (Å²) in [5.74, 6) is 0.00644. The average molecular weight is 343 g/mol. The highest BCUT2D eigenvalue weighted by atomic mass is 16.2. The highest BCUT2D eigenvalue weighted by Gasteiger charge is 2.27. The standard InChI is InChI=1S/C22H21N3O/c1-16-5-3-4-6-18(16)9-7-17-8-10-20-19(15-17)12-14-25(20)22(26)21-11-13-23-24(21)2/h3-11,13,15H,12,14H2,1-2H3/b9-7+. The Labute approximate surface area is 153 Å². The van der Waals surface area contributed by atoms with Crippen molar-refractivity contribution in [3.8, 4) is 0 Å². The fourth-order valence-electron chi connectivity index (χ4n) is 3.42. The van der Waals surface area contributed by atoms with Gasteiger partial charge in [0.15, 0.2) is 0 Å². The summed E-state index contributed by atoms with van der Waals surface area (Å²) in [6, 6.07) is 16.4. The van der Waals surface area contributed by atoms with Crippen LogP contribution in [0.3, 0.4) is 0 Å². The Hall–Kier alpha value is -3.14. The molecule has 0 saturated carbocycles. The summed E-state index contributed by atoms with van der Waals surface area (Å²) < 4.78 is 1.62. The molecule has 1 aliphatic heterocycles. The second-order valence-corrected chi connectivity index (χ2v) is 6.62. The zero-order valence-electron chi connectivity index (χ0n) is 15.0. The third-order valence-corrected chi connectivity index (χ3v) is 4.93.